The summed E-state index contributed by atoms with van der Waals surface area (Å²) in [6.45, 7) is 4.74. The van der Waals surface area contributed by atoms with Crippen molar-refractivity contribution >= 4 is 0 Å². The van der Waals surface area contributed by atoms with Gasteiger partial charge in [0.15, 0.2) is 0 Å². The van der Waals surface area contributed by atoms with E-state index in [0.29, 0.717) is 17.7 Å². The number of benzene rings is 1. The summed E-state index contributed by atoms with van der Waals surface area (Å²) < 4.78 is 1.54. The predicted octanol–water partition coefficient (Wildman–Crippen LogP) is 1.90. The monoisotopic (exact) mass is 311 g/mol. The smallest absolute Gasteiger partial charge is 0.217 e. The number of nitrogens with zero attached hydrogens (tertiary/aromatic N) is 4. The first-order chi connectivity index (χ1) is 11.0. The zero-order chi connectivity index (χ0) is 17.0. The standard InChI is InChI=1S/C17H21N5O/c1-12(10-21(2)3)11-22-17(23)16(9-20-22)15-5-4-13(7-18)6-14(15)8-19/h4-6,9-10,23H,8,11,19H2,1-3H3. The first kappa shape index (κ1) is 17.0. The third-order valence-electron chi connectivity index (χ3n) is 3.43. The predicted molar refractivity (Wildman–Crippen MR) is 88.8 cm³/mol. The van der Waals surface area contributed by atoms with Gasteiger partial charge >= 0.3 is 0 Å². The largest absolute Gasteiger partial charge is 0.493 e. The Labute approximate surface area is 136 Å². The average molecular weight is 311 g/mol. The maximum Gasteiger partial charge on any atom is 0.217 e. The Bertz CT molecular complexity index is 714. The van der Waals surface area contributed by atoms with Crippen molar-refractivity contribution in [1.82, 2.24) is 14.7 Å². The van der Waals surface area contributed by atoms with Gasteiger partial charge in [0.2, 0.25) is 5.88 Å². The summed E-state index contributed by atoms with van der Waals surface area (Å²) in [6, 6.07) is 7.34. The molecule has 0 saturated heterocycles. The molecule has 1 aromatic carbocycles. The summed E-state index contributed by atoms with van der Waals surface area (Å²) in [7, 11) is 3.89. The number of hydrogen-bond donors (Lipinski definition) is 2. The van der Waals surface area contributed by atoms with Gasteiger partial charge in [-0.1, -0.05) is 13.0 Å². The van der Waals surface area contributed by atoms with E-state index >= 15 is 0 Å². The zero-order valence-corrected chi connectivity index (χ0v) is 13.6. The van der Waals surface area contributed by atoms with Crippen LogP contribution in [-0.4, -0.2) is 33.9 Å². The summed E-state index contributed by atoms with van der Waals surface area (Å²) in [5.74, 6) is 1.16. The molecule has 2 rings (SSSR count). The fourth-order valence-corrected chi connectivity index (χ4v) is 2.50. The van der Waals surface area contributed by atoms with Gasteiger partial charge in [0.1, 0.15) is 0 Å². The van der Waals surface area contributed by atoms with Gasteiger partial charge in [-0.2, -0.15) is 10.4 Å². The van der Waals surface area contributed by atoms with Crippen LogP contribution in [-0.2, 0) is 13.1 Å². The van der Waals surface area contributed by atoms with Gasteiger partial charge in [0.05, 0.1) is 29.9 Å². The van der Waals surface area contributed by atoms with E-state index < -0.39 is 0 Å². The fraction of sp³-hybridized carbons (Fsp3) is 0.294. The second kappa shape index (κ2) is 7.27. The third-order valence-corrected chi connectivity index (χ3v) is 3.43. The molecule has 0 spiro atoms. The molecule has 23 heavy (non-hydrogen) atoms. The second-order valence-electron chi connectivity index (χ2n) is 5.67. The van der Waals surface area contributed by atoms with Crippen molar-refractivity contribution in [1.29, 1.82) is 5.26 Å². The van der Waals surface area contributed by atoms with Crippen LogP contribution in [0.2, 0.25) is 0 Å². The lowest BCUT2D eigenvalue weighted by molar-refractivity contribution is 0.395. The van der Waals surface area contributed by atoms with Crippen LogP contribution >= 0.6 is 0 Å². The molecule has 0 saturated carbocycles. The average Bonchev–Trinajstić information content (AvgIpc) is 2.86. The summed E-state index contributed by atoms with van der Waals surface area (Å²) in [6.07, 6.45) is 1.62. The Morgan fingerprint density at radius 2 is 2.17 bits per heavy atom. The normalized spacial score (nSPS) is 11.2. The van der Waals surface area contributed by atoms with Crippen molar-refractivity contribution in [2.24, 2.45) is 5.73 Å². The van der Waals surface area contributed by atoms with Gasteiger partial charge < -0.3 is 15.7 Å². The Hall–Kier alpha value is -2.36. The maximum absolute atomic E-state index is 10.5. The second-order valence-corrected chi connectivity index (χ2v) is 5.67. The molecule has 0 aliphatic heterocycles. The molecule has 6 nitrogen and oxygen atoms in total. The SMILES string of the molecule is C[C]([CH]N(C)C)Cn1ncc(-c2ccc(C#N)cc2CN)c1O. The molecule has 0 aliphatic carbocycles. The highest BCUT2D eigenvalue weighted by atomic mass is 16.3. The Morgan fingerprint density at radius 3 is 2.78 bits per heavy atom. The van der Waals surface area contributed by atoms with Crippen LogP contribution < -0.4 is 5.73 Å². The van der Waals surface area contributed by atoms with E-state index in [2.05, 4.69) is 11.2 Å². The van der Waals surface area contributed by atoms with Crippen LogP contribution in [0.3, 0.4) is 0 Å². The van der Waals surface area contributed by atoms with Crippen molar-refractivity contribution in [3.8, 4) is 23.1 Å². The first-order valence-electron chi connectivity index (χ1n) is 7.28. The van der Waals surface area contributed by atoms with Crippen LogP contribution in [0.15, 0.2) is 24.4 Å². The van der Waals surface area contributed by atoms with E-state index in [1.54, 1.807) is 29.1 Å². The van der Waals surface area contributed by atoms with Gasteiger partial charge in [-0.15, -0.1) is 0 Å². The molecule has 0 aliphatic rings. The van der Waals surface area contributed by atoms with Gasteiger partial charge in [-0.05, 0) is 37.4 Å². The number of rotatable bonds is 6. The Morgan fingerprint density at radius 1 is 1.43 bits per heavy atom. The van der Waals surface area contributed by atoms with Crippen LogP contribution in [0.1, 0.15) is 18.1 Å². The molecule has 0 atom stereocenters. The van der Waals surface area contributed by atoms with E-state index in [-0.39, 0.29) is 12.4 Å². The minimum Gasteiger partial charge on any atom is -0.493 e. The minimum atomic E-state index is 0.0934. The molecule has 1 aromatic heterocycles. The highest BCUT2D eigenvalue weighted by Crippen LogP contribution is 2.32. The van der Waals surface area contributed by atoms with E-state index in [4.69, 9.17) is 11.0 Å². The minimum absolute atomic E-state index is 0.0934. The molecular weight excluding hydrogens is 290 g/mol. The highest BCUT2D eigenvalue weighted by molar-refractivity contribution is 5.72. The molecule has 3 N–H and O–H groups in total. The summed E-state index contributed by atoms with van der Waals surface area (Å²) in [4.78, 5) is 1.95. The molecule has 0 fully saturated rings. The molecule has 6 heteroatoms. The summed E-state index contributed by atoms with van der Waals surface area (Å²) in [5, 5.41) is 23.7. The summed E-state index contributed by atoms with van der Waals surface area (Å²) in [5.41, 5.74) is 8.54. The number of aromatic nitrogens is 2. The van der Waals surface area contributed by atoms with Crippen LogP contribution in [0.5, 0.6) is 5.88 Å². The van der Waals surface area contributed by atoms with E-state index in [1.807, 2.05) is 32.5 Å². The first-order valence-corrected chi connectivity index (χ1v) is 7.28. The van der Waals surface area contributed by atoms with Gasteiger partial charge in [0, 0.05) is 19.0 Å². The molecular formula is C17H21N5O. The topological polar surface area (TPSA) is 91.1 Å². The number of nitriles is 1. The third kappa shape index (κ3) is 3.89. The molecule has 2 aromatic rings. The van der Waals surface area contributed by atoms with Crippen molar-refractivity contribution in [3.05, 3.63) is 48.0 Å². The lowest BCUT2D eigenvalue weighted by Crippen LogP contribution is -2.16. The van der Waals surface area contributed by atoms with Crippen molar-refractivity contribution in [2.75, 3.05) is 14.1 Å². The van der Waals surface area contributed by atoms with Gasteiger partial charge in [0.25, 0.3) is 0 Å². The number of aromatic hydroxyl groups is 1. The zero-order valence-electron chi connectivity index (χ0n) is 13.6. The van der Waals surface area contributed by atoms with Crippen molar-refractivity contribution in [3.63, 3.8) is 0 Å². The van der Waals surface area contributed by atoms with Crippen LogP contribution in [0, 0.1) is 23.8 Å². The van der Waals surface area contributed by atoms with Crippen molar-refractivity contribution in [2.45, 2.75) is 20.0 Å². The molecule has 120 valence electrons. The van der Waals surface area contributed by atoms with E-state index in [9.17, 15) is 5.11 Å². The van der Waals surface area contributed by atoms with Crippen molar-refractivity contribution < 1.29 is 5.11 Å². The van der Waals surface area contributed by atoms with E-state index in [1.165, 1.54) is 0 Å². The lowest BCUT2D eigenvalue weighted by Gasteiger charge is -2.16. The van der Waals surface area contributed by atoms with E-state index in [0.717, 1.165) is 17.0 Å². The molecule has 0 unspecified atom stereocenters. The molecule has 0 bridgehead atoms. The van der Waals surface area contributed by atoms with Gasteiger partial charge in [-0.25, -0.2) is 4.68 Å². The molecule has 0 amide bonds. The van der Waals surface area contributed by atoms with Gasteiger partial charge in [-0.3, -0.25) is 0 Å². The summed E-state index contributed by atoms with van der Waals surface area (Å²) >= 11 is 0. The number of hydrogen-bond acceptors (Lipinski definition) is 5. The maximum atomic E-state index is 10.5. The fourth-order valence-electron chi connectivity index (χ4n) is 2.50. The highest BCUT2D eigenvalue weighted by Gasteiger charge is 2.17. The quantitative estimate of drug-likeness (QED) is 0.850. The lowest BCUT2D eigenvalue weighted by atomic mass is 9.99. The Balaban J connectivity index is 2.31. The van der Waals surface area contributed by atoms with Crippen LogP contribution in [0.25, 0.3) is 11.1 Å². The molecule has 2 radical (unpaired) electrons. The molecule has 1 heterocycles. The Kier molecular flexibility index (Phi) is 5.37. The number of nitrogens with two attached hydrogens (primary N) is 1. The van der Waals surface area contributed by atoms with Crippen LogP contribution in [0.4, 0.5) is 0 Å².